The zero-order valence-corrected chi connectivity index (χ0v) is 21.4. The second kappa shape index (κ2) is 11.4. The molecule has 1 heterocycles. The van der Waals surface area contributed by atoms with E-state index >= 15 is 0 Å². The highest BCUT2D eigenvalue weighted by atomic mass is 35.5. The SMILES string of the molecule is CCc1cccc(C)c1NC(=O)CSc1nnc(C(C)Oc2ccccc2Cl)n1-c1ccccc1. The average molecular weight is 507 g/mol. The van der Waals surface area contributed by atoms with Crippen LogP contribution in [-0.4, -0.2) is 26.4 Å². The van der Waals surface area contributed by atoms with Gasteiger partial charge in [-0.3, -0.25) is 9.36 Å². The molecule has 0 saturated carbocycles. The zero-order chi connectivity index (χ0) is 24.8. The van der Waals surface area contributed by atoms with Crippen molar-refractivity contribution in [2.75, 3.05) is 11.1 Å². The molecule has 6 nitrogen and oxygen atoms in total. The van der Waals surface area contributed by atoms with E-state index in [1.807, 2.05) is 85.1 Å². The fourth-order valence-corrected chi connectivity index (χ4v) is 4.69. The van der Waals surface area contributed by atoms with E-state index in [0.717, 1.165) is 28.9 Å². The Morgan fingerprint density at radius 3 is 2.54 bits per heavy atom. The Morgan fingerprint density at radius 1 is 1.06 bits per heavy atom. The quantitative estimate of drug-likeness (QED) is 0.257. The topological polar surface area (TPSA) is 69.0 Å². The van der Waals surface area contributed by atoms with Crippen molar-refractivity contribution in [3.05, 3.63) is 94.8 Å². The fourth-order valence-electron chi connectivity index (χ4n) is 3.75. The fraction of sp³-hybridized carbons (Fsp3) is 0.222. The van der Waals surface area contributed by atoms with Crippen LogP contribution < -0.4 is 10.1 Å². The van der Waals surface area contributed by atoms with Gasteiger partial charge >= 0.3 is 0 Å². The first kappa shape index (κ1) is 24.8. The highest BCUT2D eigenvalue weighted by Crippen LogP contribution is 2.31. The summed E-state index contributed by atoms with van der Waals surface area (Å²) in [6.45, 7) is 5.98. The number of aromatic nitrogens is 3. The molecule has 0 fully saturated rings. The van der Waals surface area contributed by atoms with Crippen LogP contribution in [0.5, 0.6) is 5.75 Å². The molecule has 0 saturated heterocycles. The lowest BCUT2D eigenvalue weighted by atomic mass is 10.1. The minimum Gasteiger partial charge on any atom is -0.481 e. The molecule has 0 aliphatic heterocycles. The van der Waals surface area contributed by atoms with Gasteiger partial charge in [0.25, 0.3) is 0 Å². The summed E-state index contributed by atoms with van der Waals surface area (Å²) in [5.74, 6) is 1.29. The number of nitrogens with zero attached hydrogens (tertiary/aromatic N) is 3. The normalized spacial score (nSPS) is 11.8. The van der Waals surface area contributed by atoms with Crippen LogP contribution in [-0.2, 0) is 11.2 Å². The Hall–Kier alpha value is -3.29. The van der Waals surface area contributed by atoms with E-state index in [1.54, 1.807) is 6.07 Å². The molecular weight excluding hydrogens is 480 g/mol. The van der Waals surface area contributed by atoms with E-state index in [9.17, 15) is 4.79 Å². The molecule has 4 rings (SSSR count). The largest absolute Gasteiger partial charge is 0.481 e. The number of thioether (sulfide) groups is 1. The van der Waals surface area contributed by atoms with E-state index in [0.29, 0.717) is 21.8 Å². The minimum atomic E-state index is -0.426. The van der Waals surface area contributed by atoms with Crippen LogP contribution in [0.2, 0.25) is 5.02 Å². The number of hydrogen-bond donors (Lipinski definition) is 1. The first-order valence-electron chi connectivity index (χ1n) is 11.4. The number of carbonyl (C=O) groups excluding carboxylic acids is 1. The summed E-state index contributed by atoms with van der Waals surface area (Å²) in [6, 6.07) is 23.2. The number of carbonyl (C=O) groups is 1. The van der Waals surface area contributed by atoms with Crippen molar-refractivity contribution < 1.29 is 9.53 Å². The molecule has 0 spiro atoms. The Bertz CT molecular complexity index is 1310. The number of rotatable bonds is 9. The number of ether oxygens (including phenoxy) is 1. The van der Waals surface area contributed by atoms with Crippen LogP contribution in [0.1, 0.15) is 36.9 Å². The van der Waals surface area contributed by atoms with E-state index in [4.69, 9.17) is 16.3 Å². The second-order valence-electron chi connectivity index (χ2n) is 8.00. The zero-order valence-electron chi connectivity index (χ0n) is 19.9. The van der Waals surface area contributed by atoms with Gasteiger partial charge in [0, 0.05) is 11.4 Å². The van der Waals surface area contributed by atoms with Gasteiger partial charge < -0.3 is 10.1 Å². The van der Waals surface area contributed by atoms with Crippen molar-refractivity contribution in [3.63, 3.8) is 0 Å². The van der Waals surface area contributed by atoms with Gasteiger partial charge in [0.05, 0.1) is 10.8 Å². The maximum absolute atomic E-state index is 12.8. The molecule has 1 N–H and O–H groups in total. The third-order valence-electron chi connectivity index (χ3n) is 5.51. The molecular formula is C27H27ClN4O2S. The Labute approximate surface area is 214 Å². The number of halogens is 1. The van der Waals surface area contributed by atoms with Crippen molar-refractivity contribution in [2.24, 2.45) is 0 Å². The van der Waals surface area contributed by atoms with Crippen LogP contribution in [0, 0.1) is 6.92 Å². The summed E-state index contributed by atoms with van der Waals surface area (Å²) in [5, 5.41) is 13.0. The standard InChI is InChI=1S/C27H27ClN4O2S/c1-4-20-12-10-11-18(2)25(20)29-24(33)17-35-27-31-30-26(32(27)21-13-6-5-7-14-21)19(3)34-23-16-9-8-15-22(23)28/h5-16,19H,4,17H2,1-3H3,(H,29,33). The van der Waals surface area contributed by atoms with Crippen LogP contribution in [0.15, 0.2) is 78.0 Å². The first-order valence-corrected chi connectivity index (χ1v) is 12.8. The number of anilines is 1. The van der Waals surface area contributed by atoms with E-state index in [-0.39, 0.29) is 11.7 Å². The van der Waals surface area contributed by atoms with Gasteiger partial charge in [-0.15, -0.1) is 10.2 Å². The van der Waals surface area contributed by atoms with Crippen molar-refractivity contribution in [2.45, 2.75) is 38.5 Å². The highest BCUT2D eigenvalue weighted by molar-refractivity contribution is 7.99. The average Bonchev–Trinajstić information content (AvgIpc) is 3.30. The Kier molecular flexibility index (Phi) is 8.10. The number of para-hydroxylation sites is 3. The van der Waals surface area contributed by atoms with Crippen LogP contribution >= 0.6 is 23.4 Å². The van der Waals surface area contributed by atoms with Gasteiger partial charge in [0.15, 0.2) is 17.1 Å². The lowest BCUT2D eigenvalue weighted by molar-refractivity contribution is -0.113. The smallest absolute Gasteiger partial charge is 0.234 e. The maximum Gasteiger partial charge on any atom is 0.234 e. The molecule has 1 atom stereocenters. The monoisotopic (exact) mass is 506 g/mol. The number of benzene rings is 3. The molecule has 0 aliphatic carbocycles. The Morgan fingerprint density at radius 2 is 1.80 bits per heavy atom. The molecule has 3 aromatic carbocycles. The van der Waals surface area contributed by atoms with Crippen LogP contribution in [0.4, 0.5) is 5.69 Å². The molecule has 1 unspecified atom stereocenters. The van der Waals surface area contributed by atoms with Gasteiger partial charge in [-0.1, -0.05) is 78.8 Å². The third kappa shape index (κ3) is 5.86. The molecule has 180 valence electrons. The molecule has 0 bridgehead atoms. The van der Waals surface area contributed by atoms with Crippen LogP contribution in [0.3, 0.4) is 0 Å². The van der Waals surface area contributed by atoms with Crippen molar-refractivity contribution in [3.8, 4) is 11.4 Å². The summed E-state index contributed by atoms with van der Waals surface area (Å²) in [5.41, 5.74) is 3.93. The lowest BCUT2D eigenvalue weighted by Gasteiger charge is -2.17. The second-order valence-corrected chi connectivity index (χ2v) is 9.35. The molecule has 1 aromatic heterocycles. The number of amides is 1. The van der Waals surface area contributed by atoms with Crippen LogP contribution in [0.25, 0.3) is 5.69 Å². The summed E-state index contributed by atoms with van der Waals surface area (Å²) in [7, 11) is 0. The van der Waals surface area contributed by atoms with E-state index < -0.39 is 6.10 Å². The molecule has 1 amide bonds. The predicted molar refractivity (Wildman–Crippen MR) is 142 cm³/mol. The first-order chi connectivity index (χ1) is 17.0. The van der Waals surface area contributed by atoms with Gasteiger partial charge in [-0.05, 0) is 55.7 Å². The van der Waals surface area contributed by atoms with Gasteiger partial charge in [-0.25, -0.2) is 0 Å². The number of nitrogens with one attached hydrogen (secondary N) is 1. The van der Waals surface area contributed by atoms with Crippen molar-refractivity contribution in [1.29, 1.82) is 0 Å². The lowest BCUT2D eigenvalue weighted by Crippen LogP contribution is -2.17. The number of hydrogen-bond acceptors (Lipinski definition) is 5. The molecule has 0 aliphatic rings. The van der Waals surface area contributed by atoms with Crippen molar-refractivity contribution >= 4 is 35.0 Å². The summed E-state index contributed by atoms with van der Waals surface area (Å²) in [4.78, 5) is 12.8. The predicted octanol–water partition coefficient (Wildman–Crippen LogP) is 6.66. The third-order valence-corrected chi connectivity index (χ3v) is 6.75. The molecule has 8 heteroatoms. The summed E-state index contributed by atoms with van der Waals surface area (Å²) < 4.78 is 8.03. The molecule has 35 heavy (non-hydrogen) atoms. The number of aryl methyl sites for hydroxylation is 2. The van der Waals surface area contributed by atoms with Crippen molar-refractivity contribution in [1.82, 2.24) is 14.8 Å². The highest BCUT2D eigenvalue weighted by Gasteiger charge is 2.22. The summed E-state index contributed by atoms with van der Waals surface area (Å²) >= 11 is 7.62. The van der Waals surface area contributed by atoms with Gasteiger partial charge in [0.1, 0.15) is 5.75 Å². The Balaban J connectivity index is 1.56. The molecule has 4 aromatic rings. The maximum atomic E-state index is 12.8. The molecule has 0 radical (unpaired) electrons. The van der Waals surface area contributed by atoms with Gasteiger partial charge in [0.2, 0.25) is 5.91 Å². The van der Waals surface area contributed by atoms with E-state index in [2.05, 4.69) is 22.4 Å². The van der Waals surface area contributed by atoms with E-state index in [1.165, 1.54) is 11.8 Å². The summed E-state index contributed by atoms with van der Waals surface area (Å²) in [6.07, 6.45) is 0.421. The van der Waals surface area contributed by atoms with Gasteiger partial charge in [-0.2, -0.15) is 0 Å². The minimum absolute atomic E-state index is 0.0940.